The summed E-state index contributed by atoms with van der Waals surface area (Å²) in [4.78, 5) is 17.2. The summed E-state index contributed by atoms with van der Waals surface area (Å²) in [5.41, 5.74) is 2.29. The molecule has 6 heteroatoms. The molecule has 30 heavy (non-hydrogen) atoms. The van der Waals surface area contributed by atoms with Crippen LogP contribution in [-0.2, 0) is 11.2 Å². The summed E-state index contributed by atoms with van der Waals surface area (Å²) >= 11 is 0. The fourth-order valence-electron chi connectivity index (χ4n) is 4.30. The van der Waals surface area contributed by atoms with E-state index in [4.69, 9.17) is 14.2 Å². The average Bonchev–Trinajstić information content (AvgIpc) is 3.27. The lowest BCUT2D eigenvalue weighted by atomic mass is 10.0. The number of benzene rings is 2. The quantitative estimate of drug-likeness (QED) is 0.701. The lowest BCUT2D eigenvalue weighted by Gasteiger charge is -2.28. The van der Waals surface area contributed by atoms with Gasteiger partial charge in [0.05, 0.1) is 19.7 Å². The zero-order valence-electron chi connectivity index (χ0n) is 17.8. The number of fused-ring (bicyclic) bond motifs is 1. The van der Waals surface area contributed by atoms with Gasteiger partial charge in [0.25, 0.3) is 0 Å². The van der Waals surface area contributed by atoms with E-state index in [1.807, 2.05) is 42.3 Å². The molecule has 0 radical (unpaired) electrons. The summed E-state index contributed by atoms with van der Waals surface area (Å²) in [7, 11) is 3.69. The van der Waals surface area contributed by atoms with Crippen LogP contribution in [0.25, 0.3) is 0 Å². The monoisotopic (exact) mass is 410 g/mol. The van der Waals surface area contributed by atoms with E-state index in [-0.39, 0.29) is 11.9 Å². The van der Waals surface area contributed by atoms with Gasteiger partial charge in [-0.25, -0.2) is 0 Å². The fraction of sp³-hybridized carbons (Fsp3) is 0.458. The Morgan fingerprint density at radius 2 is 1.97 bits per heavy atom. The number of methoxy groups -OCH3 is 1. The third kappa shape index (κ3) is 4.54. The molecule has 2 aromatic carbocycles. The maximum absolute atomic E-state index is 13.1. The van der Waals surface area contributed by atoms with E-state index in [9.17, 15) is 4.79 Å². The number of likely N-dealkylation sites (N-methyl/N-ethyl adjacent to an activating group) is 1. The molecule has 2 heterocycles. The van der Waals surface area contributed by atoms with Crippen molar-refractivity contribution in [2.75, 3.05) is 47.0 Å². The van der Waals surface area contributed by atoms with E-state index >= 15 is 0 Å². The van der Waals surface area contributed by atoms with Crippen LogP contribution in [0.1, 0.15) is 30.0 Å². The number of hydrogen-bond acceptors (Lipinski definition) is 5. The highest BCUT2D eigenvalue weighted by molar-refractivity contribution is 5.79. The molecule has 1 atom stereocenters. The topological polar surface area (TPSA) is 51.2 Å². The summed E-state index contributed by atoms with van der Waals surface area (Å²) in [5.74, 6) is 2.65. The number of ether oxygens (including phenoxy) is 3. The van der Waals surface area contributed by atoms with Gasteiger partial charge in [0, 0.05) is 13.1 Å². The summed E-state index contributed by atoms with van der Waals surface area (Å²) in [6.45, 7) is 3.17. The van der Waals surface area contributed by atoms with Gasteiger partial charge in [-0.05, 0) is 55.6 Å². The van der Waals surface area contributed by atoms with Gasteiger partial charge >= 0.3 is 0 Å². The molecular formula is C24H30N2O4. The first kappa shape index (κ1) is 20.5. The molecule has 1 amide bonds. The first-order valence-electron chi connectivity index (χ1n) is 10.6. The van der Waals surface area contributed by atoms with Crippen molar-refractivity contribution in [1.82, 2.24) is 9.80 Å². The van der Waals surface area contributed by atoms with Crippen molar-refractivity contribution in [3.8, 4) is 17.2 Å². The van der Waals surface area contributed by atoms with Crippen molar-refractivity contribution in [3.63, 3.8) is 0 Å². The Hall–Kier alpha value is -2.73. The van der Waals surface area contributed by atoms with E-state index in [0.717, 1.165) is 60.7 Å². The smallest absolute Gasteiger partial charge is 0.237 e. The van der Waals surface area contributed by atoms with Crippen molar-refractivity contribution in [2.45, 2.75) is 25.3 Å². The average molecular weight is 411 g/mol. The van der Waals surface area contributed by atoms with Crippen molar-refractivity contribution >= 4 is 5.91 Å². The summed E-state index contributed by atoms with van der Waals surface area (Å²) in [6, 6.07) is 14.2. The Morgan fingerprint density at radius 1 is 1.17 bits per heavy atom. The summed E-state index contributed by atoms with van der Waals surface area (Å²) in [6.07, 6.45) is 2.85. The molecular weight excluding hydrogens is 380 g/mol. The second-order valence-electron chi connectivity index (χ2n) is 7.95. The molecule has 2 aliphatic rings. The standard InChI is InChI=1S/C24H30N2O4/c1-25(13-11-18-6-3-4-8-21(18)28-2)17-24(27)26-12-5-7-20(26)19-9-10-22-23(16-19)30-15-14-29-22/h3-4,6,8-10,16,20H,5,7,11-15,17H2,1-2H3. The highest BCUT2D eigenvalue weighted by atomic mass is 16.6. The maximum atomic E-state index is 13.1. The van der Waals surface area contributed by atoms with Gasteiger partial charge in [-0.15, -0.1) is 0 Å². The maximum Gasteiger partial charge on any atom is 0.237 e. The Kier molecular flexibility index (Phi) is 6.43. The SMILES string of the molecule is COc1ccccc1CCN(C)CC(=O)N1CCCC1c1ccc2c(c1)OCCO2. The first-order chi connectivity index (χ1) is 14.7. The minimum Gasteiger partial charge on any atom is -0.496 e. The van der Waals surface area contributed by atoms with Crippen molar-refractivity contribution in [1.29, 1.82) is 0 Å². The van der Waals surface area contributed by atoms with Crippen LogP contribution in [0.15, 0.2) is 42.5 Å². The van der Waals surface area contributed by atoms with E-state index < -0.39 is 0 Å². The van der Waals surface area contributed by atoms with E-state index in [2.05, 4.69) is 17.0 Å². The number of likely N-dealkylation sites (tertiary alicyclic amines) is 1. The Labute approximate surface area is 178 Å². The molecule has 2 aliphatic heterocycles. The zero-order chi connectivity index (χ0) is 20.9. The van der Waals surface area contributed by atoms with Crippen LogP contribution < -0.4 is 14.2 Å². The molecule has 0 spiro atoms. The molecule has 0 N–H and O–H groups in total. The number of carbonyl (C=O) groups is 1. The number of amides is 1. The predicted octanol–water partition coefficient (Wildman–Crippen LogP) is 3.30. The third-order valence-electron chi connectivity index (χ3n) is 5.88. The van der Waals surface area contributed by atoms with Gasteiger partial charge in [-0.3, -0.25) is 9.69 Å². The predicted molar refractivity (Wildman–Crippen MR) is 115 cm³/mol. The molecule has 6 nitrogen and oxygen atoms in total. The number of hydrogen-bond donors (Lipinski definition) is 0. The van der Waals surface area contributed by atoms with Crippen LogP contribution in [0.2, 0.25) is 0 Å². The van der Waals surface area contributed by atoms with E-state index in [1.54, 1.807) is 7.11 Å². The Morgan fingerprint density at radius 3 is 2.80 bits per heavy atom. The number of para-hydroxylation sites is 1. The molecule has 1 unspecified atom stereocenters. The minimum atomic E-state index is 0.107. The molecule has 1 fully saturated rings. The molecule has 0 aliphatic carbocycles. The zero-order valence-corrected chi connectivity index (χ0v) is 17.8. The van der Waals surface area contributed by atoms with Crippen LogP contribution in [0.3, 0.4) is 0 Å². The highest BCUT2D eigenvalue weighted by Gasteiger charge is 2.31. The van der Waals surface area contributed by atoms with Crippen LogP contribution in [0, 0.1) is 0 Å². The largest absolute Gasteiger partial charge is 0.496 e. The van der Waals surface area contributed by atoms with Gasteiger partial charge in [0.1, 0.15) is 19.0 Å². The second kappa shape index (κ2) is 9.39. The number of nitrogens with zero attached hydrogens (tertiary/aromatic N) is 2. The Balaban J connectivity index is 1.36. The molecule has 0 aromatic heterocycles. The van der Waals surface area contributed by atoms with Crippen molar-refractivity contribution in [2.24, 2.45) is 0 Å². The molecule has 2 aromatic rings. The molecule has 0 bridgehead atoms. The molecule has 160 valence electrons. The lowest BCUT2D eigenvalue weighted by molar-refractivity contribution is -0.133. The lowest BCUT2D eigenvalue weighted by Crippen LogP contribution is -2.39. The van der Waals surface area contributed by atoms with Gasteiger partial charge in [0.2, 0.25) is 5.91 Å². The summed E-state index contributed by atoms with van der Waals surface area (Å²) in [5, 5.41) is 0. The van der Waals surface area contributed by atoms with Crippen LogP contribution in [0.5, 0.6) is 17.2 Å². The second-order valence-corrected chi connectivity index (χ2v) is 7.95. The van der Waals surface area contributed by atoms with Gasteiger partial charge in [-0.1, -0.05) is 24.3 Å². The third-order valence-corrected chi connectivity index (χ3v) is 5.88. The van der Waals surface area contributed by atoms with Crippen LogP contribution in [-0.4, -0.2) is 62.7 Å². The molecule has 4 rings (SSSR count). The molecule has 0 saturated carbocycles. The van der Waals surface area contributed by atoms with Gasteiger partial charge in [-0.2, -0.15) is 0 Å². The number of rotatable bonds is 7. The fourth-order valence-corrected chi connectivity index (χ4v) is 4.30. The van der Waals surface area contributed by atoms with Gasteiger partial charge in [0.15, 0.2) is 11.5 Å². The summed E-state index contributed by atoms with van der Waals surface area (Å²) < 4.78 is 16.8. The number of carbonyl (C=O) groups excluding carboxylic acids is 1. The van der Waals surface area contributed by atoms with E-state index in [0.29, 0.717) is 19.8 Å². The first-order valence-corrected chi connectivity index (χ1v) is 10.6. The van der Waals surface area contributed by atoms with Crippen LogP contribution in [0.4, 0.5) is 0 Å². The van der Waals surface area contributed by atoms with Crippen molar-refractivity contribution < 1.29 is 19.0 Å². The highest BCUT2D eigenvalue weighted by Crippen LogP contribution is 2.38. The van der Waals surface area contributed by atoms with Crippen LogP contribution >= 0.6 is 0 Å². The molecule has 1 saturated heterocycles. The van der Waals surface area contributed by atoms with E-state index in [1.165, 1.54) is 0 Å². The normalized spacial score (nSPS) is 18.0. The Bertz CT molecular complexity index is 885. The minimum absolute atomic E-state index is 0.107. The van der Waals surface area contributed by atoms with Gasteiger partial charge < -0.3 is 19.1 Å². The van der Waals surface area contributed by atoms with Crippen molar-refractivity contribution in [3.05, 3.63) is 53.6 Å².